The topological polar surface area (TPSA) is 38.1 Å². The second-order valence-corrected chi connectivity index (χ2v) is 4.51. The summed E-state index contributed by atoms with van der Waals surface area (Å²) in [6.07, 6.45) is 0.778. The number of nitrogens with zero attached hydrogens (tertiary/aromatic N) is 2. The number of rotatable bonds is 4. The predicted octanol–water partition coefficient (Wildman–Crippen LogP) is 2.13. The molecular formula is C14H16F2N2O. The Morgan fingerprint density at radius 3 is 2.68 bits per heavy atom. The zero-order valence-electron chi connectivity index (χ0n) is 11.0. The standard InChI is InChI=1S/C14H16F2N2O/c1-9-13(17-14(5-6-19)18(9)2)7-10-3-4-11(15)8-12(10)16/h3-4,8,19H,5-7H2,1-2H3. The molecule has 0 aliphatic heterocycles. The molecule has 19 heavy (non-hydrogen) atoms. The van der Waals surface area contributed by atoms with Gasteiger partial charge in [-0.25, -0.2) is 13.8 Å². The van der Waals surface area contributed by atoms with E-state index in [1.54, 1.807) is 0 Å². The van der Waals surface area contributed by atoms with Crippen LogP contribution in [0.2, 0.25) is 0 Å². The molecule has 1 aromatic heterocycles. The summed E-state index contributed by atoms with van der Waals surface area (Å²) < 4.78 is 28.3. The first-order valence-corrected chi connectivity index (χ1v) is 6.08. The molecule has 0 aliphatic rings. The molecule has 0 saturated carbocycles. The van der Waals surface area contributed by atoms with Crippen LogP contribution in [0.3, 0.4) is 0 Å². The Morgan fingerprint density at radius 2 is 2.05 bits per heavy atom. The number of imidazole rings is 1. The Labute approximate surface area is 110 Å². The van der Waals surface area contributed by atoms with Crippen molar-refractivity contribution in [2.75, 3.05) is 6.61 Å². The van der Waals surface area contributed by atoms with Crippen molar-refractivity contribution in [1.29, 1.82) is 0 Å². The van der Waals surface area contributed by atoms with E-state index in [1.165, 1.54) is 12.1 Å². The minimum atomic E-state index is -0.583. The van der Waals surface area contributed by atoms with Crippen molar-refractivity contribution in [3.05, 3.63) is 52.6 Å². The fourth-order valence-electron chi connectivity index (χ4n) is 2.04. The van der Waals surface area contributed by atoms with Crippen molar-refractivity contribution >= 4 is 0 Å². The van der Waals surface area contributed by atoms with Gasteiger partial charge in [0.05, 0.1) is 12.3 Å². The first-order valence-electron chi connectivity index (χ1n) is 6.08. The molecule has 0 spiro atoms. The molecule has 0 unspecified atom stereocenters. The van der Waals surface area contributed by atoms with Crippen molar-refractivity contribution in [2.24, 2.45) is 7.05 Å². The molecular weight excluding hydrogens is 250 g/mol. The number of hydrogen-bond acceptors (Lipinski definition) is 2. The third-order valence-electron chi connectivity index (χ3n) is 3.28. The molecule has 0 radical (unpaired) electrons. The molecule has 102 valence electrons. The molecule has 1 aromatic carbocycles. The van der Waals surface area contributed by atoms with Crippen LogP contribution in [0.4, 0.5) is 8.78 Å². The van der Waals surface area contributed by atoms with Gasteiger partial charge in [-0.2, -0.15) is 0 Å². The van der Waals surface area contributed by atoms with Gasteiger partial charge >= 0.3 is 0 Å². The van der Waals surface area contributed by atoms with Crippen LogP contribution < -0.4 is 0 Å². The van der Waals surface area contributed by atoms with E-state index in [4.69, 9.17) is 5.11 Å². The highest BCUT2D eigenvalue weighted by Crippen LogP contribution is 2.17. The van der Waals surface area contributed by atoms with Crippen LogP contribution in [0.25, 0.3) is 0 Å². The first-order chi connectivity index (χ1) is 9.02. The number of hydrogen-bond donors (Lipinski definition) is 1. The minimum absolute atomic E-state index is 0.0225. The summed E-state index contributed by atoms with van der Waals surface area (Å²) in [7, 11) is 1.86. The number of aliphatic hydroxyl groups excluding tert-OH is 1. The SMILES string of the molecule is Cc1c(Cc2ccc(F)cc2F)nc(CCO)n1C. The van der Waals surface area contributed by atoms with E-state index in [0.29, 0.717) is 18.4 Å². The van der Waals surface area contributed by atoms with Crippen molar-refractivity contribution in [1.82, 2.24) is 9.55 Å². The van der Waals surface area contributed by atoms with Gasteiger partial charge in [-0.05, 0) is 18.6 Å². The summed E-state index contributed by atoms with van der Waals surface area (Å²) in [6.45, 7) is 1.92. The largest absolute Gasteiger partial charge is 0.396 e. The van der Waals surface area contributed by atoms with E-state index in [-0.39, 0.29) is 6.61 Å². The van der Waals surface area contributed by atoms with Crippen LogP contribution >= 0.6 is 0 Å². The Morgan fingerprint density at radius 1 is 1.32 bits per heavy atom. The lowest BCUT2D eigenvalue weighted by Crippen LogP contribution is -2.01. The van der Waals surface area contributed by atoms with Crippen LogP contribution in [0.1, 0.15) is 22.8 Å². The molecule has 0 aliphatic carbocycles. The van der Waals surface area contributed by atoms with E-state index in [1.807, 2.05) is 18.5 Å². The molecule has 0 fully saturated rings. The molecule has 2 rings (SSSR count). The van der Waals surface area contributed by atoms with Crippen LogP contribution in [0.15, 0.2) is 18.2 Å². The summed E-state index contributed by atoms with van der Waals surface area (Å²) in [6, 6.07) is 3.55. The van der Waals surface area contributed by atoms with E-state index >= 15 is 0 Å². The van der Waals surface area contributed by atoms with Gasteiger partial charge in [0.25, 0.3) is 0 Å². The Balaban J connectivity index is 2.30. The number of halogens is 2. The average molecular weight is 266 g/mol. The van der Waals surface area contributed by atoms with E-state index in [9.17, 15) is 8.78 Å². The van der Waals surface area contributed by atoms with Crippen LogP contribution in [0.5, 0.6) is 0 Å². The summed E-state index contributed by atoms with van der Waals surface area (Å²) in [5, 5.41) is 8.95. The zero-order chi connectivity index (χ0) is 14.0. The lowest BCUT2D eigenvalue weighted by molar-refractivity contribution is 0.295. The summed E-state index contributed by atoms with van der Waals surface area (Å²) in [5.74, 6) is -0.383. The fourth-order valence-corrected chi connectivity index (χ4v) is 2.04. The molecule has 5 heteroatoms. The monoisotopic (exact) mass is 266 g/mol. The maximum atomic E-state index is 13.6. The average Bonchev–Trinajstić information content (AvgIpc) is 2.62. The highest BCUT2D eigenvalue weighted by Gasteiger charge is 2.13. The first kappa shape index (κ1) is 13.7. The molecule has 3 nitrogen and oxygen atoms in total. The summed E-state index contributed by atoms with van der Waals surface area (Å²) in [4.78, 5) is 4.40. The third kappa shape index (κ3) is 2.81. The van der Waals surface area contributed by atoms with Gasteiger partial charge in [-0.15, -0.1) is 0 Å². The fraction of sp³-hybridized carbons (Fsp3) is 0.357. The predicted molar refractivity (Wildman–Crippen MR) is 67.9 cm³/mol. The summed E-state index contributed by atoms with van der Waals surface area (Å²) in [5.41, 5.74) is 2.08. The quantitative estimate of drug-likeness (QED) is 0.920. The van der Waals surface area contributed by atoms with Crippen LogP contribution in [0, 0.1) is 18.6 Å². The van der Waals surface area contributed by atoms with Crippen molar-refractivity contribution < 1.29 is 13.9 Å². The molecule has 0 saturated heterocycles. The van der Waals surface area contributed by atoms with Gasteiger partial charge in [0.2, 0.25) is 0 Å². The van der Waals surface area contributed by atoms with Gasteiger partial charge in [-0.3, -0.25) is 0 Å². The normalized spacial score (nSPS) is 11.0. The van der Waals surface area contributed by atoms with Crippen molar-refractivity contribution in [2.45, 2.75) is 19.8 Å². The zero-order valence-corrected chi connectivity index (χ0v) is 11.0. The number of aromatic nitrogens is 2. The van der Waals surface area contributed by atoms with E-state index in [2.05, 4.69) is 4.98 Å². The second-order valence-electron chi connectivity index (χ2n) is 4.51. The summed E-state index contributed by atoms with van der Waals surface area (Å²) >= 11 is 0. The molecule has 1 heterocycles. The van der Waals surface area contributed by atoms with E-state index in [0.717, 1.165) is 23.3 Å². The highest BCUT2D eigenvalue weighted by molar-refractivity contribution is 5.27. The van der Waals surface area contributed by atoms with Crippen molar-refractivity contribution in [3.8, 4) is 0 Å². The van der Waals surface area contributed by atoms with Gasteiger partial charge in [0, 0.05) is 31.6 Å². The van der Waals surface area contributed by atoms with Crippen LogP contribution in [-0.4, -0.2) is 21.3 Å². The van der Waals surface area contributed by atoms with Crippen LogP contribution in [-0.2, 0) is 19.9 Å². The molecule has 0 amide bonds. The lowest BCUT2D eigenvalue weighted by atomic mass is 10.1. The number of aliphatic hydroxyl groups is 1. The third-order valence-corrected chi connectivity index (χ3v) is 3.28. The molecule has 0 atom stereocenters. The van der Waals surface area contributed by atoms with Gasteiger partial charge in [0.15, 0.2) is 0 Å². The van der Waals surface area contributed by atoms with Gasteiger partial charge in [0.1, 0.15) is 17.5 Å². The van der Waals surface area contributed by atoms with E-state index < -0.39 is 11.6 Å². The number of benzene rings is 1. The second kappa shape index (κ2) is 5.48. The Hall–Kier alpha value is -1.75. The van der Waals surface area contributed by atoms with Gasteiger partial charge < -0.3 is 9.67 Å². The smallest absolute Gasteiger partial charge is 0.129 e. The molecule has 2 aromatic rings. The highest BCUT2D eigenvalue weighted by atomic mass is 19.1. The molecule has 0 bridgehead atoms. The Kier molecular flexibility index (Phi) is 3.95. The van der Waals surface area contributed by atoms with Crippen molar-refractivity contribution in [3.63, 3.8) is 0 Å². The maximum absolute atomic E-state index is 13.6. The minimum Gasteiger partial charge on any atom is -0.396 e. The molecule has 1 N–H and O–H groups in total. The Bertz CT molecular complexity index is 593. The van der Waals surface area contributed by atoms with Gasteiger partial charge in [-0.1, -0.05) is 6.07 Å². The lowest BCUT2D eigenvalue weighted by Gasteiger charge is -2.03. The maximum Gasteiger partial charge on any atom is 0.129 e.